The summed E-state index contributed by atoms with van der Waals surface area (Å²) in [5.41, 5.74) is 0. The van der Waals surface area contributed by atoms with Gasteiger partial charge < -0.3 is 5.32 Å². The fourth-order valence-electron chi connectivity index (χ4n) is 2.53. The minimum atomic E-state index is 0.131. The van der Waals surface area contributed by atoms with Crippen LogP contribution in [0.3, 0.4) is 0 Å². The van der Waals surface area contributed by atoms with Crippen LogP contribution in [0.2, 0.25) is 0 Å². The molecule has 0 radical (unpaired) electrons. The number of carbonyl (C=O) groups is 1. The van der Waals surface area contributed by atoms with Gasteiger partial charge in [-0.05, 0) is 40.2 Å². The minimum absolute atomic E-state index is 0.131. The van der Waals surface area contributed by atoms with Gasteiger partial charge in [0, 0.05) is 29.6 Å². The zero-order valence-electron chi connectivity index (χ0n) is 12.0. The van der Waals surface area contributed by atoms with Crippen LogP contribution < -0.4 is 5.32 Å². The first-order chi connectivity index (χ1) is 9.04. The Labute approximate surface area is 119 Å². The third-order valence-corrected chi connectivity index (χ3v) is 4.39. The van der Waals surface area contributed by atoms with Crippen molar-refractivity contribution in [2.45, 2.75) is 45.6 Å². The molecule has 0 saturated carbocycles. The number of nitrogens with zero attached hydrogens (tertiary/aromatic N) is 2. The van der Waals surface area contributed by atoms with E-state index >= 15 is 0 Å². The van der Waals surface area contributed by atoms with E-state index in [1.807, 2.05) is 20.0 Å². The van der Waals surface area contributed by atoms with Crippen LogP contribution in [-0.2, 0) is 4.79 Å². The normalized spacial score (nSPS) is 20.7. The van der Waals surface area contributed by atoms with Gasteiger partial charge in [-0.25, -0.2) is 4.98 Å². The number of rotatable bonds is 4. The second-order valence-electron chi connectivity index (χ2n) is 5.61. The molecule has 2 rings (SSSR count). The Morgan fingerprint density at radius 1 is 1.63 bits per heavy atom. The quantitative estimate of drug-likeness (QED) is 0.920. The largest absolute Gasteiger partial charge is 0.353 e. The highest BCUT2D eigenvalue weighted by Crippen LogP contribution is 2.29. The van der Waals surface area contributed by atoms with Crippen molar-refractivity contribution in [3.8, 4) is 0 Å². The molecule has 1 fully saturated rings. The van der Waals surface area contributed by atoms with Crippen molar-refractivity contribution in [1.82, 2.24) is 15.2 Å². The summed E-state index contributed by atoms with van der Waals surface area (Å²) in [5, 5.41) is 4.18. The number of piperidine rings is 1. The van der Waals surface area contributed by atoms with Gasteiger partial charge in [-0.15, -0.1) is 11.3 Å². The van der Waals surface area contributed by atoms with Gasteiger partial charge in [0.05, 0.1) is 11.6 Å². The van der Waals surface area contributed by atoms with Crippen molar-refractivity contribution in [2.75, 3.05) is 19.6 Å². The molecule has 1 unspecified atom stereocenters. The molecule has 1 aromatic heterocycles. The lowest BCUT2D eigenvalue weighted by Gasteiger charge is -2.31. The summed E-state index contributed by atoms with van der Waals surface area (Å²) in [6.07, 6.45) is 4.29. The lowest BCUT2D eigenvalue weighted by molar-refractivity contribution is -0.123. The highest BCUT2D eigenvalue weighted by Gasteiger charge is 2.24. The van der Waals surface area contributed by atoms with Gasteiger partial charge in [0.1, 0.15) is 0 Å². The van der Waals surface area contributed by atoms with Crippen LogP contribution in [0.15, 0.2) is 6.20 Å². The number of aromatic nitrogens is 1. The molecule has 1 aliphatic heterocycles. The smallest absolute Gasteiger partial charge is 0.234 e. The SMILES string of the molecule is Cc1cnc(C2CCCN(CC(=O)NC(C)C)C2)s1. The van der Waals surface area contributed by atoms with Crippen LogP contribution in [0.5, 0.6) is 0 Å². The van der Waals surface area contributed by atoms with Crippen LogP contribution in [0, 0.1) is 6.92 Å². The molecule has 19 heavy (non-hydrogen) atoms. The molecule has 0 aromatic carbocycles. The number of carbonyl (C=O) groups excluding carboxylic acids is 1. The Hall–Kier alpha value is -0.940. The third kappa shape index (κ3) is 4.28. The monoisotopic (exact) mass is 281 g/mol. The molecule has 4 nitrogen and oxygen atoms in total. The van der Waals surface area contributed by atoms with E-state index in [-0.39, 0.29) is 11.9 Å². The zero-order valence-corrected chi connectivity index (χ0v) is 12.8. The Morgan fingerprint density at radius 2 is 2.42 bits per heavy atom. The van der Waals surface area contributed by atoms with Crippen LogP contribution in [-0.4, -0.2) is 41.5 Å². The molecule has 1 aromatic rings. The van der Waals surface area contributed by atoms with Crippen molar-refractivity contribution >= 4 is 17.2 Å². The highest BCUT2D eigenvalue weighted by molar-refractivity contribution is 7.11. The summed E-state index contributed by atoms with van der Waals surface area (Å²) in [6, 6.07) is 0.217. The lowest BCUT2D eigenvalue weighted by atomic mass is 9.99. The van der Waals surface area contributed by atoms with Crippen molar-refractivity contribution < 1.29 is 4.79 Å². The predicted molar refractivity (Wildman–Crippen MR) is 78.5 cm³/mol. The van der Waals surface area contributed by atoms with E-state index in [0.29, 0.717) is 12.5 Å². The van der Waals surface area contributed by atoms with Crippen LogP contribution in [0.25, 0.3) is 0 Å². The van der Waals surface area contributed by atoms with E-state index in [9.17, 15) is 4.79 Å². The number of amides is 1. The molecular formula is C14H23N3OS. The minimum Gasteiger partial charge on any atom is -0.353 e. The van der Waals surface area contributed by atoms with Crippen molar-refractivity contribution in [2.24, 2.45) is 0 Å². The Morgan fingerprint density at radius 3 is 3.05 bits per heavy atom. The van der Waals surface area contributed by atoms with E-state index in [1.54, 1.807) is 11.3 Å². The molecule has 1 atom stereocenters. The molecular weight excluding hydrogens is 258 g/mol. The first-order valence-corrected chi connectivity index (χ1v) is 7.80. The highest BCUT2D eigenvalue weighted by atomic mass is 32.1. The lowest BCUT2D eigenvalue weighted by Crippen LogP contribution is -2.43. The van der Waals surface area contributed by atoms with Crippen LogP contribution in [0.1, 0.15) is 42.5 Å². The first kappa shape index (κ1) is 14.5. The number of likely N-dealkylation sites (tertiary alicyclic amines) is 1. The molecule has 1 aliphatic rings. The Bertz CT molecular complexity index is 430. The maximum atomic E-state index is 11.8. The molecule has 1 saturated heterocycles. The molecule has 5 heteroatoms. The second kappa shape index (κ2) is 6.48. The van der Waals surface area contributed by atoms with Gasteiger partial charge in [-0.2, -0.15) is 0 Å². The molecule has 0 spiro atoms. The van der Waals surface area contributed by atoms with Crippen LogP contribution >= 0.6 is 11.3 Å². The van der Waals surface area contributed by atoms with Crippen molar-refractivity contribution in [1.29, 1.82) is 0 Å². The molecule has 0 bridgehead atoms. The first-order valence-electron chi connectivity index (χ1n) is 6.98. The summed E-state index contributed by atoms with van der Waals surface area (Å²) in [7, 11) is 0. The third-order valence-electron chi connectivity index (χ3n) is 3.31. The number of hydrogen-bond donors (Lipinski definition) is 1. The van der Waals surface area contributed by atoms with Gasteiger partial charge in [0.2, 0.25) is 5.91 Å². The molecule has 2 heterocycles. The maximum absolute atomic E-state index is 11.8. The number of thiazole rings is 1. The topological polar surface area (TPSA) is 45.2 Å². The average Bonchev–Trinajstić information content (AvgIpc) is 2.75. The predicted octanol–water partition coefficient (Wildman–Crippen LogP) is 2.16. The van der Waals surface area contributed by atoms with Gasteiger partial charge in [0.15, 0.2) is 0 Å². The average molecular weight is 281 g/mol. The molecule has 1 N–H and O–H groups in total. The zero-order chi connectivity index (χ0) is 13.8. The van der Waals surface area contributed by atoms with E-state index in [2.05, 4.69) is 22.1 Å². The summed E-state index contributed by atoms with van der Waals surface area (Å²) in [6.45, 7) is 8.58. The fourth-order valence-corrected chi connectivity index (χ4v) is 3.43. The molecule has 106 valence electrons. The summed E-state index contributed by atoms with van der Waals surface area (Å²) >= 11 is 1.79. The van der Waals surface area contributed by atoms with E-state index in [0.717, 1.165) is 19.5 Å². The van der Waals surface area contributed by atoms with E-state index in [1.165, 1.54) is 16.3 Å². The maximum Gasteiger partial charge on any atom is 0.234 e. The number of nitrogens with one attached hydrogen (secondary N) is 1. The summed E-state index contributed by atoms with van der Waals surface area (Å²) in [5.74, 6) is 0.630. The Kier molecular flexibility index (Phi) is 4.93. The fraction of sp³-hybridized carbons (Fsp3) is 0.714. The standard InChI is InChI=1S/C14H23N3OS/c1-10(2)16-13(18)9-17-6-4-5-12(8-17)14-15-7-11(3)19-14/h7,10,12H,4-6,8-9H2,1-3H3,(H,16,18). The summed E-state index contributed by atoms with van der Waals surface area (Å²) in [4.78, 5) is 19.8. The van der Waals surface area contributed by atoms with Crippen molar-refractivity contribution in [3.05, 3.63) is 16.1 Å². The van der Waals surface area contributed by atoms with Crippen LogP contribution in [0.4, 0.5) is 0 Å². The second-order valence-corrected chi connectivity index (χ2v) is 6.87. The van der Waals surface area contributed by atoms with Gasteiger partial charge in [0.25, 0.3) is 0 Å². The molecule has 0 aliphatic carbocycles. The van der Waals surface area contributed by atoms with E-state index in [4.69, 9.17) is 0 Å². The van der Waals surface area contributed by atoms with Gasteiger partial charge >= 0.3 is 0 Å². The molecule has 1 amide bonds. The van der Waals surface area contributed by atoms with E-state index < -0.39 is 0 Å². The van der Waals surface area contributed by atoms with Gasteiger partial charge in [-0.1, -0.05) is 0 Å². The summed E-state index contributed by atoms with van der Waals surface area (Å²) < 4.78 is 0. The number of aryl methyl sites for hydroxylation is 1. The van der Waals surface area contributed by atoms with Crippen molar-refractivity contribution in [3.63, 3.8) is 0 Å². The number of hydrogen-bond acceptors (Lipinski definition) is 4. The van der Waals surface area contributed by atoms with Gasteiger partial charge in [-0.3, -0.25) is 9.69 Å². The Balaban J connectivity index is 1.88.